The number of primary amides is 1. The Kier molecular flexibility index (Phi) is 1.64. The van der Waals surface area contributed by atoms with Crippen LogP contribution in [0.5, 0.6) is 0 Å². The van der Waals surface area contributed by atoms with Crippen molar-refractivity contribution in [1.29, 1.82) is 0 Å². The molecule has 0 aromatic heterocycles. The van der Waals surface area contributed by atoms with Gasteiger partial charge in [0.15, 0.2) is 0 Å². The molecule has 1 saturated heterocycles. The molecule has 0 spiro atoms. The molecule has 1 rings (SSSR count). The molecule has 2 unspecified atom stereocenters. The Balaban J connectivity index is 2.51. The smallest absolute Gasteiger partial charge is 0.234 e. The van der Waals surface area contributed by atoms with E-state index in [4.69, 9.17) is 5.73 Å². The molecule has 1 fully saturated rings. The minimum absolute atomic E-state index is 0.197. The van der Waals surface area contributed by atoms with Crippen molar-refractivity contribution >= 4 is 5.91 Å². The van der Waals surface area contributed by atoms with Crippen molar-refractivity contribution in [3.8, 4) is 0 Å². The van der Waals surface area contributed by atoms with E-state index in [1.165, 1.54) is 6.92 Å². The number of hydrogen-bond acceptors (Lipinski definition) is 2. The summed E-state index contributed by atoms with van der Waals surface area (Å²) in [5.74, 6) is -0.471. The molecular formula is C6H11FN2O. The van der Waals surface area contributed by atoms with Crippen molar-refractivity contribution in [2.45, 2.75) is 25.1 Å². The fourth-order valence-corrected chi connectivity index (χ4v) is 1.11. The average Bonchev–Trinajstić information content (AvgIpc) is 2.10. The van der Waals surface area contributed by atoms with Crippen LogP contribution in [0.3, 0.4) is 0 Å². The third kappa shape index (κ3) is 1.44. The lowest BCUT2D eigenvalue weighted by Gasteiger charge is -2.08. The normalized spacial score (nSPS) is 40.0. The van der Waals surface area contributed by atoms with Gasteiger partial charge in [0.2, 0.25) is 5.91 Å². The third-order valence-corrected chi connectivity index (χ3v) is 1.69. The lowest BCUT2D eigenvalue weighted by Crippen LogP contribution is -2.36. The van der Waals surface area contributed by atoms with Gasteiger partial charge < -0.3 is 11.1 Å². The number of carbonyl (C=O) groups is 1. The summed E-state index contributed by atoms with van der Waals surface area (Å²) in [6, 6.07) is -0.477. The summed E-state index contributed by atoms with van der Waals surface area (Å²) < 4.78 is 13.0. The molecule has 1 heterocycles. The molecule has 0 aromatic carbocycles. The molecule has 0 bridgehead atoms. The molecule has 0 radical (unpaired) electrons. The van der Waals surface area contributed by atoms with E-state index in [-0.39, 0.29) is 13.0 Å². The van der Waals surface area contributed by atoms with Gasteiger partial charge in [0.05, 0.1) is 6.04 Å². The van der Waals surface area contributed by atoms with E-state index in [2.05, 4.69) is 5.32 Å². The van der Waals surface area contributed by atoms with Crippen molar-refractivity contribution in [2.24, 2.45) is 5.73 Å². The Labute approximate surface area is 58.8 Å². The number of alkyl halides is 1. The molecule has 1 aliphatic heterocycles. The number of halogens is 1. The number of carbonyl (C=O) groups excluding carboxylic acids is 1. The summed E-state index contributed by atoms with van der Waals surface area (Å²) in [7, 11) is 0. The second kappa shape index (κ2) is 2.20. The van der Waals surface area contributed by atoms with E-state index in [1.54, 1.807) is 0 Å². The highest BCUT2D eigenvalue weighted by Gasteiger charge is 2.37. The first kappa shape index (κ1) is 7.47. The van der Waals surface area contributed by atoms with Gasteiger partial charge in [-0.2, -0.15) is 0 Å². The summed E-state index contributed by atoms with van der Waals surface area (Å²) in [6.07, 6.45) is 0.197. The zero-order valence-corrected chi connectivity index (χ0v) is 5.86. The van der Waals surface area contributed by atoms with Crippen molar-refractivity contribution in [3.63, 3.8) is 0 Å². The lowest BCUT2D eigenvalue weighted by atomic mass is 10.1. The first-order chi connectivity index (χ1) is 4.51. The van der Waals surface area contributed by atoms with Crippen molar-refractivity contribution < 1.29 is 9.18 Å². The van der Waals surface area contributed by atoms with Gasteiger partial charge >= 0.3 is 0 Å². The number of rotatable bonds is 1. The number of nitrogens with one attached hydrogen (secondary N) is 1. The second-order valence-electron chi connectivity index (χ2n) is 2.95. The molecule has 0 aromatic rings. The zero-order valence-electron chi connectivity index (χ0n) is 5.86. The molecule has 0 saturated carbocycles. The molecule has 1 amide bonds. The predicted molar refractivity (Wildman–Crippen MR) is 35.1 cm³/mol. The van der Waals surface area contributed by atoms with Gasteiger partial charge in [-0.25, -0.2) is 4.39 Å². The van der Waals surface area contributed by atoms with Gasteiger partial charge in [-0.15, -0.1) is 0 Å². The first-order valence-electron chi connectivity index (χ1n) is 3.23. The van der Waals surface area contributed by atoms with Crippen LogP contribution in [-0.4, -0.2) is 24.2 Å². The van der Waals surface area contributed by atoms with Crippen LogP contribution in [-0.2, 0) is 4.79 Å². The van der Waals surface area contributed by atoms with Gasteiger partial charge in [-0.3, -0.25) is 4.79 Å². The standard InChI is InChI=1S/C6H11FN2O/c1-6(7)2-4(5(8)10)9-3-6/h4,9H,2-3H2,1H3,(H2,8,10). The SMILES string of the molecule is CC1(F)CNC(C(N)=O)C1. The van der Waals surface area contributed by atoms with Crippen LogP contribution in [0.25, 0.3) is 0 Å². The molecule has 1 aliphatic rings. The van der Waals surface area contributed by atoms with Crippen molar-refractivity contribution in [3.05, 3.63) is 0 Å². The minimum atomic E-state index is -1.26. The van der Waals surface area contributed by atoms with E-state index < -0.39 is 17.6 Å². The Morgan fingerprint density at radius 2 is 2.50 bits per heavy atom. The topological polar surface area (TPSA) is 55.1 Å². The summed E-state index contributed by atoms with van der Waals surface area (Å²) in [5, 5.41) is 2.70. The van der Waals surface area contributed by atoms with Gasteiger partial charge in [-0.05, 0) is 6.92 Å². The molecule has 3 N–H and O–H groups in total. The van der Waals surface area contributed by atoms with E-state index in [0.29, 0.717) is 0 Å². The number of amides is 1. The van der Waals surface area contributed by atoms with Gasteiger partial charge in [0.1, 0.15) is 5.67 Å². The maximum Gasteiger partial charge on any atom is 0.234 e. The molecule has 0 aliphatic carbocycles. The van der Waals surface area contributed by atoms with E-state index >= 15 is 0 Å². The largest absolute Gasteiger partial charge is 0.368 e. The lowest BCUT2D eigenvalue weighted by molar-refractivity contribution is -0.119. The summed E-state index contributed by atoms with van der Waals surface area (Å²) >= 11 is 0. The Morgan fingerprint density at radius 3 is 2.70 bits per heavy atom. The number of hydrogen-bond donors (Lipinski definition) is 2. The van der Waals surface area contributed by atoms with Gasteiger partial charge in [-0.1, -0.05) is 0 Å². The zero-order chi connectivity index (χ0) is 7.78. The monoisotopic (exact) mass is 146 g/mol. The fraction of sp³-hybridized carbons (Fsp3) is 0.833. The first-order valence-corrected chi connectivity index (χ1v) is 3.23. The van der Waals surface area contributed by atoms with Crippen LogP contribution in [0.15, 0.2) is 0 Å². The highest BCUT2D eigenvalue weighted by atomic mass is 19.1. The highest BCUT2D eigenvalue weighted by molar-refractivity contribution is 5.80. The Hall–Kier alpha value is -0.640. The van der Waals surface area contributed by atoms with Crippen LogP contribution in [0.2, 0.25) is 0 Å². The van der Waals surface area contributed by atoms with Crippen LogP contribution < -0.4 is 11.1 Å². The van der Waals surface area contributed by atoms with E-state index in [0.717, 1.165) is 0 Å². The molecular weight excluding hydrogens is 135 g/mol. The quantitative estimate of drug-likeness (QED) is 0.527. The summed E-state index contributed by atoms with van der Waals surface area (Å²) in [5.41, 5.74) is 3.69. The van der Waals surface area contributed by atoms with E-state index in [9.17, 15) is 9.18 Å². The van der Waals surface area contributed by atoms with Gasteiger partial charge in [0.25, 0.3) is 0 Å². The third-order valence-electron chi connectivity index (χ3n) is 1.69. The van der Waals surface area contributed by atoms with Crippen LogP contribution >= 0.6 is 0 Å². The highest BCUT2D eigenvalue weighted by Crippen LogP contribution is 2.22. The van der Waals surface area contributed by atoms with Crippen LogP contribution in [0.1, 0.15) is 13.3 Å². The van der Waals surface area contributed by atoms with E-state index in [1.807, 2.05) is 0 Å². The predicted octanol–water partition coefficient (Wildman–Crippen LogP) is -0.438. The maximum atomic E-state index is 13.0. The van der Waals surface area contributed by atoms with Crippen molar-refractivity contribution in [1.82, 2.24) is 5.32 Å². The summed E-state index contributed by atoms with van der Waals surface area (Å²) in [4.78, 5) is 10.5. The maximum absolute atomic E-state index is 13.0. The molecule has 4 heteroatoms. The van der Waals surface area contributed by atoms with Crippen LogP contribution in [0.4, 0.5) is 4.39 Å². The number of nitrogens with two attached hydrogens (primary N) is 1. The molecule has 3 nitrogen and oxygen atoms in total. The molecule has 2 atom stereocenters. The Morgan fingerprint density at radius 1 is 1.90 bits per heavy atom. The van der Waals surface area contributed by atoms with Gasteiger partial charge in [0, 0.05) is 13.0 Å². The molecule has 10 heavy (non-hydrogen) atoms. The minimum Gasteiger partial charge on any atom is -0.368 e. The fourth-order valence-electron chi connectivity index (χ4n) is 1.11. The second-order valence-corrected chi connectivity index (χ2v) is 2.95. The van der Waals surface area contributed by atoms with Crippen molar-refractivity contribution in [2.75, 3.05) is 6.54 Å². The molecule has 58 valence electrons. The van der Waals surface area contributed by atoms with Crippen LogP contribution in [0, 0.1) is 0 Å². The Bertz CT molecular complexity index is 158. The summed E-state index contributed by atoms with van der Waals surface area (Å²) in [6.45, 7) is 1.68. The average molecular weight is 146 g/mol.